The number of amidine groups is 1. The summed E-state index contributed by atoms with van der Waals surface area (Å²) < 4.78 is 11.7. The number of nitrogens with zero attached hydrogens (tertiary/aromatic N) is 5. The lowest BCUT2D eigenvalue weighted by atomic mass is 9.72. The molecule has 1 saturated carbocycles. The second-order valence-electron chi connectivity index (χ2n) is 14.2. The lowest BCUT2D eigenvalue weighted by Crippen LogP contribution is -2.50. The molecule has 0 radical (unpaired) electrons. The van der Waals surface area contributed by atoms with Crippen molar-refractivity contribution < 1.29 is 19.1 Å². The second kappa shape index (κ2) is 12.0. The second-order valence-corrected chi connectivity index (χ2v) is 15.3. The summed E-state index contributed by atoms with van der Waals surface area (Å²) in [4.78, 5) is 40.4. The molecule has 46 heavy (non-hydrogen) atoms. The van der Waals surface area contributed by atoms with Crippen LogP contribution in [-0.4, -0.2) is 83.7 Å². The van der Waals surface area contributed by atoms with Gasteiger partial charge in [0.2, 0.25) is 5.91 Å². The van der Waals surface area contributed by atoms with Crippen LogP contribution in [0.4, 0.5) is 15.6 Å². The van der Waals surface area contributed by atoms with Gasteiger partial charge in [-0.1, -0.05) is 0 Å². The Morgan fingerprint density at radius 3 is 2.63 bits per heavy atom. The van der Waals surface area contributed by atoms with Gasteiger partial charge >= 0.3 is 12.1 Å². The van der Waals surface area contributed by atoms with Gasteiger partial charge in [0.05, 0.1) is 11.0 Å². The van der Waals surface area contributed by atoms with Crippen LogP contribution in [0.2, 0.25) is 0 Å². The monoisotopic (exact) mass is 649 g/mol. The SMILES string of the molecule is CC(C)(C)OC(=O)N1CCN(c2cc(C(=N)NC(=O)[C@@]3(C)CCCc4sc(N)c(C#N)c43)nc(OC[C@@H]3CC4(CC4)CN3)n2)CC1. The van der Waals surface area contributed by atoms with Gasteiger partial charge in [0, 0.05) is 55.3 Å². The van der Waals surface area contributed by atoms with Crippen LogP contribution in [-0.2, 0) is 21.4 Å². The highest BCUT2D eigenvalue weighted by Gasteiger charge is 2.48. The third-order valence-corrected chi connectivity index (χ3v) is 10.6. The molecule has 14 heteroatoms. The van der Waals surface area contributed by atoms with Gasteiger partial charge in [0.25, 0.3) is 0 Å². The Balaban J connectivity index is 1.21. The number of nitrogens with one attached hydrogen (secondary N) is 3. The minimum atomic E-state index is -1.01. The third-order valence-electron chi connectivity index (χ3n) is 9.51. The van der Waals surface area contributed by atoms with Crippen LogP contribution in [0, 0.1) is 22.2 Å². The van der Waals surface area contributed by atoms with E-state index in [9.17, 15) is 14.9 Å². The number of piperazine rings is 1. The first kappa shape index (κ1) is 32.0. The molecule has 246 valence electrons. The van der Waals surface area contributed by atoms with E-state index in [4.69, 9.17) is 25.6 Å². The summed E-state index contributed by atoms with van der Waals surface area (Å²) in [5.41, 5.74) is 6.20. The number of amides is 2. The normalized spacial score (nSPS) is 23.4. The number of fused-ring (bicyclic) bond motifs is 1. The molecular formula is C32H43N9O4S. The molecule has 2 amide bonds. The average molecular weight is 650 g/mol. The largest absolute Gasteiger partial charge is 0.462 e. The number of aromatic nitrogens is 2. The van der Waals surface area contributed by atoms with Crippen molar-refractivity contribution in [3.8, 4) is 12.1 Å². The molecule has 2 aromatic heterocycles. The van der Waals surface area contributed by atoms with Crippen LogP contribution < -0.4 is 26.0 Å². The predicted molar refractivity (Wildman–Crippen MR) is 174 cm³/mol. The lowest BCUT2D eigenvalue weighted by molar-refractivity contribution is -0.125. The zero-order chi connectivity index (χ0) is 32.9. The van der Waals surface area contributed by atoms with Crippen LogP contribution in [0.1, 0.15) is 81.5 Å². The molecule has 3 fully saturated rings. The van der Waals surface area contributed by atoms with E-state index in [0.29, 0.717) is 66.6 Å². The van der Waals surface area contributed by atoms with Crippen molar-refractivity contribution in [1.29, 1.82) is 10.7 Å². The van der Waals surface area contributed by atoms with Crippen LogP contribution in [0.5, 0.6) is 6.01 Å². The van der Waals surface area contributed by atoms with Gasteiger partial charge in [-0.05, 0) is 71.6 Å². The minimum absolute atomic E-state index is 0.128. The summed E-state index contributed by atoms with van der Waals surface area (Å²) in [6, 6.07) is 4.18. The van der Waals surface area contributed by atoms with Gasteiger partial charge < -0.3 is 35.6 Å². The number of thiophene rings is 1. The molecule has 5 N–H and O–H groups in total. The van der Waals surface area contributed by atoms with E-state index in [0.717, 1.165) is 30.7 Å². The summed E-state index contributed by atoms with van der Waals surface area (Å²) in [6.07, 6.45) is 5.26. The Labute approximate surface area is 273 Å². The number of nitriles is 1. The van der Waals surface area contributed by atoms with Crippen molar-refractivity contribution in [1.82, 2.24) is 25.5 Å². The van der Waals surface area contributed by atoms with Crippen LogP contribution >= 0.6 is 11.3 Å². The smallest absolute Gasteiger partial charge is 0.410 e. The molecular weight excluding hydrogens is 606 g/mol. The molecule has 2 aliphatic heterocycles. The minimum Gasteiger partial charge on any atom is -0.462 e. The maximum atomic E-state index is 13.8. The van der Waals surface area contributed by atoms with E-state index in [1.54, 1.807) is 11.0 Å². The Morgan fingerprint density at radius 1 is 1.24 bits per heavy atom. The molecule has 4 aliphatic rings. The number of carbonyl (C=O) groups excluding carboxylic acids is 2. The highest BCUT2D eigenvalue weighted by Crippen LogP contribution is 2.51. The van der Waals surface area contributed by atoms with Crippen molar-refractivity contribution in [2.75, 3.05) is 50.0 Å². The number of rotatable bonds is 6. The summed E-state index contributed by atoms with van der Waals surface area (Å²) in [6.45, 7) is 10.6. The van der Waals surface area contributed by atoms with E-state index < -0.39 is 11.0 Å². The fourth-order valence-electron chi connectivity index (χ4n) is 6.73. The predicted octanol–water partition coefficient (Wildman–Crippen LogP) is 3.31. The number of anilines is 2. The fourth-order valence-corrected chi connectivity index (χ4v) is 7.92. The molecule has 0 aromatic carbocycles. The quantitative estimate of drug-likeness (QED) is 0.268. The zero-order valence-electron chi connectivity index (χ0n) is 27.0. The highest BCUT2D eigenvalue weighted by molar-refractivity contribution is 7.16. The molecule has 1 spiro atoms. The number of nitrogen functional groups attached to an aromatic ring is 1. The third kappa shape index (κ3) is 6.48. The Kier molecular flexibility index (Phi) is 8.35. The maximum absolute atomic E-state index is 13.8. The van der Waals surface area contributed by atoms with Gasteiger partial charge in [-0.2, -0.15) is 15.2 Å². The summed E-state index contributed by atoms with van der Waals surface area (Å²) in [5, 5.41) is 25.5. The van der Waals surface area contributed by atoms with E-state index in [2.05, 4.69) is 21.7 Å². The first-order valence-corrected chi connectivity index (χ1v) is 16.8. The van der Waals surface area contributed by atoms with Crippen LogP contribution in [0.25, 0.3) is 0 Å². The Hall–Kier alpha value is -3.96. The van der Waals surface area contributed by atoms with Gasteiger partial charge in [-0.15, -0.1) is 11.3 Å². The van der Waals surface area contributed by atoms with Crippen molar-refractivity contribution in [2.24, 2.45) is 5.41 Å². The Morgan fingerprint density at radius 2 is 1.98 bits per heavy atom. The molecule has 2 aliphatic carbocycles. The summed E-state index contributed by atoms with van der Waals surface area (Å²) >= 11 is 1.36. The number of aryl methyl sites for hydroxylation is 1. The van der Waals surface area contributed by atoms with Gasteiger partial charge in [-0.25, -0.2) is 4.79 Å². The van der Waals surface area contributed by atoms with E-state index in [-0.39, 0.29) is 35.6 Å². The molecule has 13 nitrogen and oxygen atoms in total. The zero-order valence-corrected chi connectivity index (χ0v) is 27.8. The fraction of sp³-hybridized carbons (Fsp3) is 0.625. The molecule has 2 aromatic rings. The van der Waals surface area contributed by atoms with Crippen molar-refractivity contribution in [3.05, 3.63) is 27.8 Å². The van der Waals surface area contributed by atoms with Crippen molar-refractivity contribution >= 4 is 40.0 Å². The van der Waals surface area contributed by atoms with Crippen molar-refractivity contribution in [2.45, 2.75) is 83.3 Å². The molecule has 0 unspecified atom stereocenters. The topological polar surface area (TPSA) is 183 Å². The molecule has 4 heterocycles. The van der Waals surface area contributed by atoms with Crippen LogP contribution in [0.3, 0.4) is 0 Å². The van der Waals surface area contributed by atoms with E-state index in [1.807, 2.05) is 32.6 Å². The van der Waals surface area contributed by atoms with E-state index >= 15 is 0 Å². The average Bonchev–Trinajstić information content (AvgIpc) is 3.51. The van der Waals surface area contributed by atoms with Crippen molar-refractivity contribution in [3.63, 3.8) is 0 Å². The van der Waals surface area contributed by atoms with Gasteiger partial charge in [0.1, 0.15) is 34.8 Å². The molecule has 2 saturated heterocycles. The lowest BCUT2D eigenvalue weighted by Gasteiger charge is -2.36. The van der Waals surface area contributed by atoms with Crippen LogP contribution in [0.15, 0.2) is 6.07 Å². The summed E-state index contributed by atoms with van der Waals surface area (Å²) in [5.74, 6) is -0.0208. The number of nitrogens with two attached hydrogens (primary N) is 1. The molecule has 6 rings (SSSR count). The van der Waals surface area contributed by atoms with Gasteiger partial charge in [-0.3, -0.25) is 10.2 Å². The highest BCUT2D eigenvalue weighted by atomic mass is 32.1. The number of carbonyl (C=O) groups is 2. The van der Waals surface area contributed by atoms with Gasteiger partial charge in [0.15, 0.2) is 5.84 Å². The number of ether oxygens (including phenoxy) is 2. The Bertz CT molecular complexity index is 1580. The first-order valence-electron chi connectivity index (χ1n) is 16.0. The standard InChI is InChI=1S/C32H43N9O4S/c1-30(2,3)45-29(43)41-12-10-40(11-13-41)23-14-21(37-28(38-23)44-17-19-15-32(8-9-32)18-36-19)25(34)39-27(42)31(4)7-5-6-22-24(31)20(16-33)26(35)46-22/h14,19,36H,5-13,15,17-18,35H2,1-4H3,(H2,34,39,42)/t19-,31-/m0/s1. The number of hydrogen-bond acceptors (Lipinski definition) is 12. The molecule has 2 atom stereocenters. The molecule has 0 bridgehead atoms. The summed E-state index contributed by atoms with van der Waals surface area (Å²) in [7, 11) is 0. The number of hydrogen-bond donors (Lipinski definition) is 4. The van der Waals surface area contributed by atoms with E-state index in [1.165, 1.54) is 24.2 Å². The maximum Gasteiger partial charge on any atom is 0.410 e. The first-order chi connectivity index (χ1) is 21.8.